The molecule has 9 heteroatoms. The second-order valence-corrected chi connectivity index (χ2v) is 7.83. The van der Waals surface area contributed by atoms with E-state index in [9.17, 15) is 22.8 Å². The summed E-state index contributed by atoms with van der Waals surface area (Å²) in [7, 11) is -3.52. The number of hydrogen-bond donors (Lipinski definition) is 1. The molecule has 28 heavy (non-hydrogen) atoms. The van der Waals surface area contributed by atoms with Crippen LogP contribution >= 0.6 is 0 Å². The average Bonchev–Trinajstić information content (AvgIpc) is 2.64. The van der Waals surface area contributed by atoms with E-state index in [1.54, 1.807) is 30.3 Å². The number of ether oxygens (including phenoxy) is 2. The molecule has 0 atom stereocenters. The van der Waals surface area contributed by atoms with E-state index in [4.69, 9.17) is 9.47 Å². The summed E-state index contributed by atoms with van der Waals surface area (Å²) in [6.07, 6.45) is 1.03. The topological polar surface area (TPSA) is 116 Å². The van der Waals surface area contributed by atoms with E-state index >= 15 is 0 Å². The molecule has 0 heterocycles. The average molecular weight is 405 g/mol. The van der Waals surface area contributed by atoms with Crippen LogP contribution in [0.4, 0.5) is 5.69 Å². The van der Waals surface area contributed by atoms with Gasteiger partial charge in [-0.05, 0) is 43.3 Å². The fourth-order valence-corrected chi connectivity index (χ4v) is 3.04. The lowest BCUT2D eigenvalue weighted by Gasteiger charge is -2.10. The Labute approximate surface area is 162 Å². The Morgan fingerprint density at radius 1 is 0.964 bits per heavy atom. The maximum Gasteiger partial charge on any atom is 0.344 e. The van der Waals surface area contributed by atoms with Crippen molar-refractivity contribution in [3.63, 3.8) is 0 Å². The Kier molecular flexibility index (Phi) is 6.89. The van der Waals surface area contributed by atoms with Gasteiger partial charge >= 0.3 is 5.97 Å². The normalized spacial score (nSPS) is 10.8. The standard InChI is InChI=1S/C19H19NO7S/c1-13(21)14-7-9-15(10-8-14)26-12-19(23)27-11-18(22)20-16-5-3-4-6-17(16)28(2,24)25/h3-10H,11-12H2,1-2H3,(H,20,22). The van der Waals surface area contributed by atoms with Crippen molar-refractivity contribution in [1.82, 2.24) is 0 Å². The van der Waals surface area contributed by atoms with E-state index < -0.39 is 34.9 Å². The minimum atomic E-state index is -3.52. The molecular formula is C19H19NO7S. The van der Waals surface area contributed by atoms with Crippen molar-refractivity contribution in [2.75, 3.05) is 24.8 Å². The third-order valence-electron chi connectivity index (χ3n) is 3.54. The van der Waals surface area contributed by atoms with Gasteiger partial charge in [0.2, 0.25) is 0 Å². The number of esters is 1. The molecule has 0 aromatic heterocycles. The molecular weight excluding hydrogens is 386 g/mol. The van der Waals surface area contributed by atoms with Crippen molar-refractivity contribution in [1.29, 1.82) is 0 Å². The molecule has 0 aliphatic carbocycles. The van der Waals surface area contributed by atoms with E-state index in [1.807, 2.05) is 0 Å². The van der Waals surface area contributed by atoms with Crippen LogP contribution in [0.1, 0.15) is 17.3 Å². The molecule has 0 unspecified atom stereocenters. The Balaban J connectivity index is 1.83. The van der Waals surface area contributed by atoms with Gasteiger partial charge in [0.1, 0.15) is 5.75 Å². The van der Waals surface area contributed by atoms with E-state index in [2.05, 4.69) is 5.32 Å². The smallest absolute Gasteiger partial charge is 0.344 e. The molecule has 148 valence electrons. The number of ketones is 1. The summed E-state index contributed by atoms with van der Waals surface area (Å²) in [6, 6.07) is 12.1. The van der Waals surface area contributed by atoms with E-state index in [1.165, 1.54) is 25.1 Å². The highest BCUT2D eigenvalue weighted by Gasteiger charge is 2.15. The molecule has 0 saturated carbocycles. The van der Waals surface area contributed by atoms with Crippen LogP contribution in [0.25, 0.3) is 0 Å². The minimum Gasteiger partial charge on any atom is -0.482 e. The maximum absolute atomic E-state index is 11.9. The predicted octanol–water partition coefficient (Wildman–Crippen LogP) is 1.85. The van der Waals surface area contributed by atoms with Crippen LogP contribution in [0.15, 0.2) is 53.4 Å². The lowest BCUT2D eigenvalue weighted by atomic mass is 10.1. The largest absolute Gasteiger partial charge is 0.482 e. The second kappa shape index (κ2) is 9.14. The lowest BCUT2D eigenvalue weighted by Crippen LogP contribution is -2.24. The molecule has 0 aliphatic rings. The summed E-state index contributed by atoms with van der Waals surface area (Å²) in [5.74, 6) is -1.18. The van der Waals surface area contributed by atoms with Crippen LogP contribution < -0.4 is 10.1 Å². The van der Waals surface area contributed by atoms with Gasteiger partial charge in [-0.15, -0.1) is 0 Å². The number of hydrogen-bond acceptors (Lipinski definition) is 7. The van der Waals surface area contributed by atoms with Crippen LogP contribution in [-0.4, -0.2) is 45.5 Å². The fraction of sp³-hybridized carbons (Fsp3) is 0.211. The number of anilines is 1. The molecule has 0 aliphatic heterocycles. The number of benzene rings is 2. The van der Waals surface area contributed by atoms with Gasteiger partial charge in [0.05, 0.1) is 10.6 Å². The Hall–Kier alpha value is -3.20. The summed E-state index contributed by atoms with van der Waals surface area (Å²) >= 11 is 0. The van der Waals surface area contributed by atoms with Crippen molar-refractivity contribution in [2.24, 2.45) is 0 Å². The van der Waals surface area contributed by atoms with Crippen molar-refractivity contribution in [2.45, 2.75) is 11.8 Å². The number of rotatable bonds is 8. The van der Waals surface area contributed by atoms with Gasteiger partial charge < -0.3 is 14.8 Å². The van der Waals surface area contributed by atoms with Crippen molar-refractivity contribution in [3.05, 3.63) is 54.1 Å². The molecule has 2 aromatic rings. The van der Waals surface area contributed by atoms with Crippen LogP contribution in [-0.2, 0) is 24.2 Å². The van der Waals surface area contributed by atoms with Gasteiger partial charge in [0.15, 0.2) is 28.8 Å². The quantitative estimate of drug-likeness (QED) is 0.526. The first-order valence-corrected chi connectivity index (χ1v) is 10.0. The molecule has 8 nitrogen and oxygen atoms in total. The monoisotopic (exact) mass is 405 g/mol. The van der Waals surface area contributed by atoms with Crippen molar-refractivity contribution in [3.8, 4) is 5.75 Å². The molecule has 0 fully saturated rings. The van der Waals surface area contributed by atoms with Gasteiger partial charge in [-0.3, -0.25) is 9.59 Å². The SMILES string of the molecule is CC(=O)c1ccc(OCC(=O)OCC(=O)Nc2ccccc2S(C)(=O)=O)cc1. The van der Waals surface area contributed by atoms with Gasteiger partial charge in [-0.25, -0.2) is 13.2 Å². The number of carbonyl (C=O) groups excluding carboxylic acids is 3. The Bertz CT molecular complexity index is 982. The zero-order valence-corrected chi connectivity index (χ0v) is 16.1. The first-order chi connectivity index (χ1) is 13.2. The summed E-state index contributed by atoms with van der Waals surface area (Å²) < 4.78 is 33.4. The zero-order chi connectivity index (χ0) is 20.7. The number of para-hydroxylation sites is 1. The molecule has 2 aromatic carbocycles. The summed E-state index contributed by atoms with van der Waals surface area (Å²) in [6.45, 7) is 0.419. The highest BCUT2D eigenvalue weighted by atomic mass is 32.2. The van der Waals surface area contributed by atoms with E-state index in [0.29, 0.717) is 11.3 Å². The van der Waals surface area contributed by atoms with E-state index in [-0.39, 0.29) is 16.4 Å². The molecule has 0 radical (unpaired) electrons. The number of Topliss-reactive ketones (excluding diaryl/α,β-unsaturated/α-hetero) is 1. The molecule has 1 N–H and O–H groups in total. The summed E-state index contributed by atoms with van der Waals surface area (Å²) in [5, 5.41) is 2.39. The molecule has 0 spiro atoms. The van der Waals surface area contributed by atoms with Crippen LogP contribution in [0, 0.1) is 0 Å². The molecule has 1 amide bonds. The highest BCUT2D eigenvalue weighted by Crippen LogP contribution is 2.20. The Morgan fingerprint density at radius 2 is 1.61 bits per heavy atom. The van der Waals surface area contributed by atoms with Gasteiger partial charge in [-0.2, -0.15) is 0 Å². The van der Waals surface area contributed by atoms with Crippen LogP contribution in [0.5, 0.6) is 5.75 Å². The van der Waals surface area contributed by atoms with Crippen molar-refractivity contribution >= 4 is 33.2 Å². The van der Waals surface area contributed by atoms with Crippen LogP contribution in [0.3, 0.4) is 0 Å². The van der Waals surface area contributed by atoms with Crippen molar-refractivity contribution < 1.29 is 32.3 Å². The molecule has 0 bridgehead atoms. The van der Waals surface area contributed by atoms with Gasteiger partial charge in [-0.1, -0.05) is 12.1 Å². The Morgan fingerprint density at radius 3 is 2.21 bits per heavy atom. The third kappa shape index (κ3) is 6.20. The number of sulfone groups is 1. The highest BCUT2D eigenvalue weighted by molar-refractivity contribution is 7.90. The first kappa shape index (κ1) is 21.1. The number of amides is 1. The summed E-state index contributed by atoms with van der Waals surface area (Å²) in [4.78, 5) is 34.8. The fourth-order valence-electron chi connectivity index (χ4n) is 2.20. The summed E-state index contributed by atoms with van der Waals surface area (Å²) in [5.41, 5.74) is 0.619. The first-order valence-electron chi connectivity index (χ1n) is 8.15. The number of carbonyl (C=O) groups is 3. The minimum absolute atomic E-state index is 0.0352. The van der Waals surface area contributed by atoms with Gasteiger partial charge in [0.25, 0.3) is 5.91 Å². The van der Waals surface area contributed by atoms with Gasteiger partial charge in [0, 0.05) is 11.8 Å². The number of nitrogens with one attached hydrogen (secondary N) is 1. The lowest BCUT2D eigenvalue weighted by molar-refractivity contribution is -0.149. The third-order valence-corrected chi connectivity index (χ3v) is 4.70. The predicted molar refractivity (Wildman–Crippen MR) is 101 cm³/mol. The maximum atomic E-state index is 11.9. The van der Waals surface area contributed by atoms with Crippen LogP contribution in [0.2, 0.25) is 0 Å². The molecule has 0 saturated heterocycles. The zero-order valence-electron chi connectivity index (χ0n) is 15.3. The molecule has 2 rings (SSSR count). The van der Waals surface area contributed by atoms with E-state index in [0.717, 1.165) is 6.26 Å². The second-order valence-electron chi connectivity index (χ2n) is 5.85.